The van der Waals surface area contributed by atoms with E-state index in [1.165, 1.54) is 11.1 Å². The molecule has 1 unspecified atom stereocenters. The van der Waals surface area contributed by atoms with Gasteiger partial charge in [-0.05, 0) is 42.1 Å². The minimum absolute atomic E-state index is 0.406. The summed E-state index contributed by atoms with van der Waals surface area (Å²) in [5, 5.41) is 4.46. The first-order chi connectivity index (χ1) is 9.66. The van der Waals surface area contributed by atoms with Crippen molar-refractivity contribution in [2.24, 2.45) is 5.92 Å². The molecule has 0 bridgehead atoms. The minimum Gasteiger partial charge on any atom is -0.309 e. The van der Waals surface area contributed by atoms with Crippen molar-refractivity contribution in [3.05, 3.63) is 70.7 Å². The lowest BCUT2D eigenvalue weighted by atomic mass is 9.96. The maximum absolute atomic E-state index is 5.90. The van der Waals surface area contributed by atoms with Crippen LogP contribution in [-0.2, 0) is 6.42 Å². The van der Waals surface area contributed by atoms with Crippen molar-refractivity contribution in [3.8, 4) is 0 Å². The summed E-state index contributed by atoms with van der Waals surface area (Å²) in [4.78, 5) is 0. The largest absolute Gasteiger partial charge is 0.309 e. The maximum Gasteiger partial charge on any atom is 0.0406 e. The van der Waals surface area contributed by atoms with Gasteiger partial charge in [-0.2, -0.15) is 0 Å². The average Bonchev–Trinajstić information content (AvgIpc) is 2.46. The molecule has 106 valence electrons. The lowest BCUT2D eigenvalue weighted by Gasteiger charge is -2.23. The molecule has 1 nitrogen and oxygen atoms in total. The molecule has 20 heavy (non-hydrogen) atoms. The molecule has 0 fully saturated rings. The molecule has 1 atom stereocenters. The van der Waals surface area contributed by atoms with Crippen molar-refractivity contribution in [3.63, 3.8) is 0 Å². The number of nitrogens with one attached hydrogen (secondary N) is 1. The van der Waals surface area contributed by atoms with Gasteiger partial charge in [-0.15, -0.1) is 0 Å². The van der Waals surface area contributed by atoms with E-state index in [0.29, 0.717) is 12.0 Å². The Morgan fingerprint density at radius 3 is 2.20 bits per heavy atom. The van der Waals surface area contributed by atoms with Crippen molar-refractivity contribution in [2.45, 2.75) is 26.3 Å². The Bertz CT molecular complexity index is 505. The fourth-order valence-corrected chi connectivity index (χ4v) is 2.55. The monoisotopic (exact) mass is 287 g/mol. The summed E-state index contributed by atoms with van der Waals surface area (Å²) < 4.78 is 0. The number of hydrogen-bond acceptors (Lipinski definition) is 1. The van der Waals surface area contributed by atoms with Gasteiger partial charge in [-0.25, -0.2) is 0 Å². The summed E-state index contributed by atoms with van der Waals surface area (Å²) in [7, 11) is 0. The van der Waals surface area contributed by atoms with Gasteiger partial charge in [-0.3, -0.25) is 0 Å². The number of halogens is 1. The van der Waals surface area contributed by atoms with Crippen LogP contribution in [-0.4, -0.2) is 6.54 Å². The first-order valence-electron chi connectivity index (χ1n) is 7.19. The van der Waals surface area contributed by atoms with E-state index in [9.17, 15) is 0 Å². The maximum atomic E-state index is 5.90. The smallest absolute Gasteiger partial charge is 0.0406 e. The predicted molar refractivity (Wildman–Crippen MR) is 87.2 cm³/mol. The highest BCUT2D eigenvalue weighted by atomic mass is 35.5. The fourth-order valence-electron chi connectivity index (χ4n) is 2.42. The van der Waals surface area contributed by atoms with Gasteiger partial charge in [0.15, 0.2) is 0 Å². The molecule has 0 heterocycles. The summed E-state index contributed by atoms with van der Waals surface area (Å²) in [6, 6.07) is 19.2. The van der Waals surface area contributed by atoms with Crippen molar-refractivity contribution in [1.82, 2.24) is 5.32 Å². The Labute approximate surface area is 127 Å². The zero-order valence-electron chi connectivity index (χ0n) is 12.1. The quantitative estimate of drug-likeness (QED) is 0.799. The molecule has 2 rings (SSSR count). The Kier molecular flexibility index (Phi) is 5.63. The standard InChI is InChI=1S/C18H22ClN/c1-14(2)18(16-6-4-3-5-7-16)20-13-12-15-8-10-17(19)11-9-15/h3-11,14,18,20H,12-13H2,1-2H3. The molecule has 2 heteroatoms. The first kappa shape index (κ1) is 15.1. The third-order valence-corrected chi connectivity index (χ3v) is 3.77. The van der Waals surface area contributed by atoms with Crippen LogP contribution in [0.15, 0.2) is 54.6 Å². The Hall–Kier alpha value is -1.31. The van der Waals surface area contributed by atoms with Crippen LogP contribution in [0.25, 0.3) is 0 Å². The molecule has 0 spiro atoms. The molecule has 1 N–H and O–H groups in total. The summed E-state index contributed by atoms with van der Waals surface area (Å²) in [6.45, 7) is 5.49. The second-order valence-corrected chi connectivity index (χ2v) is 5.90. The van der Waals surface area contributed by atoms with E-state index >= 15 is 0 Å². The molecule has 2 aromatic rings. The second-order valence-electron chi connectivity index (χ2n) is 5.46. The predicted octanol–water partition coefficient (Wildman–Crippen LogP) is 4.87. The van der Waals surface area contributed by atoms with Gasteiger partial charge in [0.25, 0.3) is 0 Å². The van der Waals surface area contributed by atoms with Crippen LogP contribution < -0.4 is 5.32 Å². The van der Waals surface area contributed by atoms with E-state index in [2.05, 4.69) is 61.6 Å². The van der Waals surface area contributed by atoms with Crippen molar-refractivity contribution >= 4 is 11.6 Å². The summed E-state index contributed by atoms with van der Waals surface area (Å²) in [6.07, 6.45) is 1.02. The first-order valence-corrected chi connectivity index (χ1v) is 7.57. The van der Waals surface area contributed by atoms with E-state index < -0.39 is 0 Å². The van der Waals surface area contributed by atoms with Crippen LogP contribution in [0.4, 0.5) is 0 Å². The van der Waals surface area contributed by atoms with Gasteiger partial charge in [0.1, 0.15) is 0 Å². The van der Waals surface area contributed by atoms with E-state index in [-0.39, 0.29) is 0 Å². The van der Waals surface area contributed by atoms with Crippen LogP contribution in [0.3, 0.4) is 0 Å². The summed E-state index contributed by atoms with van der Waals surface area (Å²) in [5.41, 5.74) is 2.68. The Morgan fingerprint density at radius 2 is 1.60 bits per heavy atom. The molecule has 2 aromatic carbocycles. The number of rotatable bonds is 6. The average molecular weight is 288 g/mol. The Morgan fingerprint density at radius 1 is 0.950 bits per heavy atom. The summed E-state index contributed by atoms with van der Waals surface area (Å²) in [5.74, 6) is 0.572. The molecule has 0 saturated heterocycles. The minimum atomic E-state index is 0.406. The molecular formula is C18H22ClN. The van der Waals surface area contributed by atoms with Crippen LogP contribution >= 0.6 is 11.6 Å². The van der Waals surface area contributed by atoms with Crippen molar-refractivity contribution < 1.29 is 0 Å². The van der Waals surface area contributed by atoms with Gasteiger partial charge < -0.3 is 5.32 Å². The fraction of sp³-hybridized carbons (Fsp3) is 0.333. The van der Waals surface area contributed by atoms with E-state index in [1.807, 2.05) is 12.1 Å². The van der Waals surface area contributed by atoms with E-state index in [1.54, 1.807) is 0 Å². The van der Waals surface area contributed by atoms with Crippen molar-refractivity contribution in [1.29, 1.82) is 0 Å². The normalized spacial score (nSPS) is 12.6. The van der Waals surface area contributed by atoms with Crippen LogP contribution in [0.5, 0.6) is 0 Å². The van der Waals surface area contributed by atoms with Gasteiger partial charge in [-0.1, -0.05) is 67.9 Å². The molecule has 0 aromatic heterocycles. The third kappa shape index (κ3) is 4.36. The zero-order valence-corrected chi connectivity index (χ0v) is 12.9. The molecule has 0 aliphatic rings. The SMILES string of the molecule is CC(C)C(NCCc1ccc(Cl)cc1)c1ccccc1. The van der Waals surface area contributed by atoms with E-state index in [4.69, 9.17) is 11.6 Å². The van der Waals surface area contributed by atoms with Gasteiger partial charge >= 0.3 is 0 Å². The van der Waals surface area contributed by atoms with Gasteiger partial charge in [0, 0.05) is 11.1 Å². The lowest BCUT2D eigenvalue weighted by molar-refractivity contribution is 0.415. The lowest BCUT2D eigenvalue weighted by Crippen LogP contribution is -2.27. The second kappa shape index (κ2) is 7.47. The molecule has 0 saturated carbocycles. The molecule has 0 radical (unpaired) electrons. The molecular weight excluding hydrogens is 266 g/mol. The van der Waals surface area contributed by atoms with Crippen LogP contribution in [0.1, 0.15) is 31.0 Å². The topological polar surface area (TPSA) is 12.0 Å². The molecule has 0 aliphatic heterocycles. The van der Waals surface area contributed by atoms with Gasteiger partial charge in [0.05, 0.1) is 0 Å². The van der Waals surface area contributed by atoms with Gasteiger partial charge in [0.2, 0.25) is 0 Å². The number of hydrogen-bond donors (Lipinski definition) is 1. The van der Waals surface area contributed by atoms with Crippen molar-refractivity contribution in [2.75, 3.05) is 6.54 Å². The van der Waals surface area contributed by atoms with Crippen LogP contribution in [0.2, 0.25) is 5.02 Å². The highest BCUT2D eigenvalue weighted by Crippen LogP contribution is 2.21. The number of benzene rings is 2. The Balaban J connectivity index is 1.91. The molecule has 0 amide bonds. The third-order valence-electron chi connectivity index (χ3n) is 3.52. The molecule has 0 aliphatic carbocycles. The van der Waals surface area contributed by atoms with E-state index in [0.717, 1.165) is 18.0 Å². The summed E-state index contributed by atoms with van der Waals surface area (Å²) >= 11 is 5.90. The van der Waals surface area contributed by atoms with Crippen LogP contribution in [0, 0.1) is 5.92 Å². The highest BCUT2D eigenvalue weighted by Gasteiger charge is 2.14. The zero-order chi connectivity index (χ0) is 14.4. The highest BCUT2D eigenvalue weighted by molar-refractivity contribution is 6.30.